The van der Waals surface area contributed by atoms with Gasteiger partial charge in [0, 0.05) is 31.6 Å². The maximum absolute atomic E-state index is 5.39. The summed E-state index contributed by atoms with van der Waals surface area (Å²) >= 11 is 0. The van der Waals surface area contributed by atoms with Crippen LogP contribution in [-0.4, -0.2) is 45.2 Å². The third-order valence-electron chi connectivity index (χ3n) is 3.69. The number of likely N-dealkylation sites (tertiary alicyclic amines) is 1. The highest BCUT2D eigenvalue weighted by molar-refractivity contribution is 5.60. The zero-order valence-electron chi connectivity index (χ0n) is 9.94. The van der Waals surface area contributed by atoms with Crippen LogP contribution in [0.5, 0.6) is 5.75 Å². The van der Waals surface area contributed by atoms with Crippen LogP contribution in [0.2, 0.25) is 0 Å². The molecule has 1 aromatic rings. The van der Waals surface area contributed by atoms with E-state index in [1.807, 2.05) is 12.1 Å². The molecule has 0 atom stereocenters. The fourth-order valence-electron chi connectivity index (χ4n) is 3.12. The van der Waals surface area contributed by atoms with E-state index in [4.69, 9.17) is 4.74 Å². The maximum Gasteiger partial charge on any atom is 0.142 e. The molecule has 86 valence electrons. The van der Waals surface area contributed by atoms with Crippen molar-refractivity contribution in [3.8, 4) is 5.75 Å². The average molecular weight is 218 g/mol. The van der Waals surface area contributed by atoms with E-state index in [0.29, 0.717) is 5.41 Å². The molecule has 2 aliphatic heterocycles. The SMILES string of the molecule is COc1ccccc1N1CC2(CN(C)C2)C1. The van der Waals surface area contributed by atoms with E-state index >= 15 is 0 Å². The summed E-state index contributed by atoms with van der Waals surface area (Å²) in [6.45, 7) is 4.85. The first kappa shape index (κ1) is 9.97. The highest BCUT2D eigenvalue weighted by atomic mass is 16.5. The molecule has 3 heteroatoms. The molecule has 0 bridgehead atoms. The van der Waals surface area contributed by atoms with Crippen molar-refractivity contribution in [1.82, 2.24) is 4.90 Å². The van der Waals surface area contributed by atoms with E-state index in [2.05, 4.69) is 29.0 Å². The predicted molar refractivity (Wildman–Crippen MR) is 65.1 cm³/mol. The first-order valence-electron chi connectivity index (χ1n) is 5.79. The fourth-order valence-corrected chi connectivity index (χ4v) is 3.12. The molecule has 2 heterocycles. The number of para-hydroxylation sites is 2. The van der Waals surface area contributed by atoms with Crippen LogP contribution in [0.1, 0.15) is 0 Å². The van der Waals surface area contributed by atoms with E-state index in [1.165, 1.54) is 31.9 Å². The number of rotatable bonds is 2. The molecule has 0 aliphatic carbocycles. The second kappa shape index (κ2) is 3.39. The Labute approximate surface area is 96.6 Å². The molecule has 16 heavy (non-hydrogen) atoms. The van der Waals surface area contributed by atoms with Crippen LogP contribution in [0.4, 0.5) is 5.69 Å². The van der Waals surface area contributed by atoms with Crippen molar-refractivity contribution in [3.63, 3.8) is 0 Å². The van der Waals surface area contributed by atoms with Gasteiger partial charge in [0.15, 0.2) is 0 Å². The molecule has 3 nitrogen and oxygen atoms in total. The van der Waals surface area contributed by atoms with Crippen LogP contribution >= 0.6 is 0 Å². The van der Waals surface area contributed by atoms with Crippen molar-refractivity contribution in [2.24, 2.45) is 5.41 Å². The molecule has 1 aromatic carbocycles. The molecule has 2 fully saturated rings. The third kappa shape index (κ3) is 1.39. The van der Waals surface area contributed by atoms with Gasteiger partial charge in [-0.15, -0.1) is 0 Å². The van der Waals surface area contributed by atoms with Crippen molar-refractivity contribution in [3.05, 3.63) is 24.3 Å². The highest BCUT2D eigenvalue weighted by Crippen LogP contribution is 2.43. The lowest BCUT2D eigenvalue weighted by molar-refractivity contribution is -0.00258. The maximum atomic E-state index is 5.39. The number of methoxy groups -OCH3 is 1. The van der Waals surface area contributed by atoms with Gasteiger partial charge in [0.1, 0.15) is 5.75 Å². The Bertz CT molecular complexity index is 391. The molecular formula is C13H18N2O. The summed E-state index contributed by atoms with van der Waals surface area (Å²) in [6.07, 6.45) is 0. The molecule has 0 radical (unpaired) electrons. The molecular weight excluding hydrogens is 200 g/mol. The van der Waals surface area contributed by atoms with Gasteiger partial charge in [-0.25, -0.2) is 0 Å². The first-order chi connectivity index (χ1) is 7.72. The van der Waals surface area contributed by atoms with Crippen LogP contribution in [0.15, 0.2) is 24.3 Å². The number of anilines is 1. The highest BCUT2D eigenvalue weighted by Gasteiger charge is 2.50. The smallest absolute Gasteiger partial charge is 0.142 e. The number of hydrogen-bond acceptors (Lipinski definition) is 3. The topological polar surface area (TPSA) is 15.7 Å². The summed E-state index contributed by atoms with van der Waals surface area (Å²) in [7, 11) is 3.93. The second-order valence-electron chi connectivity index (χ2n) is 5.20. The second-order valence-corrected chi connectivity index (χ2v) is 5.20. The summed E-state index contributed by atoms with van der Waals surface area (Å²) in [5, 5.41) is 0. The molecule has 0 amide bonds. The Balaban J connectivity index is 1.72. The summed E-state index contributed by atoms with van der Waals surface area (Å²) in [4.78, 5) is 4.81. The normalized spacial score (nSPS) is 22.8. The quantitative estimate of drug-likeness (QED) is 0.747. The third-order valence-corrected chi connectivity index (χ3v) is 3.69. The number of ether oxygens (including phenoxy) is 1. The zero-order valence-corrected chi connectivity index (χ0v) is 9.94. The lowest BCUT2D eigenvalue weighted by atomic mass is 9.73. The number of hydrogen-bond donors (Lipinski definition) is 0. The zero-order chi connectivity index (χ0) is 11.2. The largest absolute Gasteiger partial charge is 0.495 e. The van der Waals surface area contributed by atoms with E-state index < -0.39 is 0 Å². The molecule has 0 aromatic heterocycles. The minimum Gasteiger partial charge on any atom is -0.495 e. The summed E-state index contributed by atoms with van der Waals surface area (Å²) in [6, 6.07) is 8.28. The van der Waals surface area contributed by atoms with Crippen molar-refractivity contribution in [1.29, 1.82) is 0 Å². The van der Waals surface area contributed by atoms with Gasteiger partial charge in [0.2, 0.25) is 0 Å². The van der Waals surface area contributed by atoms with Crippen molar-refractivity contribution >= 4 is 5.69 Å². The van der Waals surface area contributed by atoms with Gasteiger partial charge in [-0.1, -0.05) is 12.1 Å². The summed E-state index contributed by atoms with van der Waals surface area (Å²) in [5.41, 5.74) is 1.82. The van der Waals surface area contributed by atoms with Crippen LogP contribution in [0, 0.1) is 5.41 Å². The molecule has 3 rings (SSSR count). The van der Waals surface area contributed by atoms with Gasteiger partial charge in [-0.05, 0) is 19.2 Å². The first-order valence-corrected chi connectivity index (χ1v) is 5.79. The van der Waals surface area contributed by atoms with Crippen LogP contribution in [-0.2, 0) is 0 Å². The van der Waals surface area contributed by atoms with Crippen molar-refractivity contribution < 1.29 is 4.74 Å². The number of nitrogens with zero attached hydrogens (tertiary/aromatic N) is 2. The minimum absolute atomic E-state index is 0.579. The van der Waals surface area contributed by atoms with Gasteiger partial charge < -0.3 is 14.5 Å². The van der Waals surface area contributed by atoms with E-state index in [1.54, 1.807) is 7.11 Å². The molecule has 0 N–H and O–H groups in total. The molecule has 1 spiro atoms. The van der Waals surface area contributed by atoms with Crippen molar-refractivity contribution in [2.45, 2.75) is 0 Å². The van der Waals surface area contributed by atoms with E-state index in [9.17, 15) is 0 Å². The fraction of sp³-hybridized carbons (Fsp3) is 0.538. The van der Waals surface area contributed by atoms with E-state index in [0.717, 1.165) is 5.75 Å². The van der Waals surface area contributed by atoms with Crippen LogP contribution in [0.3, 0.4) is 0 Å². The van der Waals surface area contributed by atoms with Gasteiger partial charge >= 0.3 is 0 Å². The van der Waals surface area contributed by atoms with Crippen LogP contribution < -0.4 is 9.64 Å². The molecule has 0 unspecified atom stereocenters. The lowest BCUT2D eigenvalue weighted by Crippen LogP contribution is -2.71. The van der Waals surface area contributed by atoms with Gasteiger partial charge in [-0.2, -0.15) is 0 Å². The van der Waals surface area contributed by atoms with Gasteiger partial charge in [0.05, 0.1) is 12.8 Å². The summed E-state index contributed by atoms with van der Waals surface area (Å²) < 4.78 is 5.39. The Hall–Kier alpha value is -1.22. The summed E-state index contributed by atoms with van der Waals surface area (Å²) in [5.74, 6) is 0.991. The van der Waals surface area contributed by atoms with Gasteiger partial charge in [0.25, 0.3) is 0 Å². The molecule has 0 saturated carbocycles. The Morgan fingerprint density at radius 2 is 1.81 bits per heavy atom. The van der Waals surface area contributed by atoms with Crippen molar-refractivity contribution in [2.75, 3.05) is 45.2 Å². The lowest BCUT2D eigenvalue weighted by Gasteiger charge is -2.60. The van der Waals surface area contributed by atoms with Crippen LogP contribution in [0.25, 0.3) is 0 Å². The average Bonchev–Trinajstić information content (AvgIpc) is 2.21. The molecule has 2 aliphatic rings. The molecule has 2 saturated heterocycles. The predicted octanol–water partition coefficient (Wildman–Crippen LogP) is 1.45. The van der Waals surface area contributed by atoms with Gasteiger partial charge in [-0.3, -0.25) is 0 Å². The Morgan fingerprint density at radius 3 is 2.44 bits per heavy atom. The van der Waals surface area contributed by atoms with E-state index in [-0.39, 0.29) is 0 Å². The monoisotopic (exact) mass is 218 g/mol. The number of benzene rings is 1. The standard InChI is InChI=1S/C13H18N2O/c1-14-7-13(8-14)9-15(10-13)11-5-3-4-6-12(11)16-2/h3-6H,7-10H2,1-2H3. The minimum atomic E-state index is 0.579. The Morgan fingerprint density at radius 1 is 1.12 bits per heavy atom. The Kier molecular flexibility index (Phi) is 2.11.